The van der Waals surface area contributed by atoms with Crippen molar-refractivity contribution in [3.63, 3.8) is 0 Å². The molecule has 1 aliphatic heterocycles. The van der Waals surface area contributed by atoms with Crippen molar-refractivity contribution in [2.45, 2.75) is 18.3 Å². The molecule has 0 saturated carbocycles. The van der Waals surface area contributed by atoms with Gasteiger partial charge >= 0.3 is 5.97 Å². The van der Waals surface area contributed by atoms with Gasteiger partial charge in [-0.2, -0.15) is 0 Å². The van der Waals surface area contributed by atoms with Gasteiger partial charge in [-0.05, 0) is 22.8 Å². The van der Waals surface area contributed by atoms with E-state index >= 15 is 0 Å². The number of ether oxygens (including phenoxy) is 1. The summed E-state index contributed by atoms with van der Waals surface area (Å²) >= 11 is 1.38. The Hall–Kier alpha value is -1.53. The summed E-state index contributed by atoms with van der Waals surface area (Å²) < 4.78 is 28.1. The van der Waals surface area contributed by atoms with Crippen molar-refractivity contribution in [2.75, 3.05) is 17.3 Å². The number of hydrogen-bond acceptors (Lipinski definition) is 5. The van der Waals surface area contributed by atoms with Crippen molar-refractivity contribution < 1.29 is 17.9 Å². The van der Waals surface area contributed by atoms with Gasteiger partial charge in [-0.1, -0.05) is 42.5 Å². The van der Waals surface area contributed by atoms with Crippen molar-refractivity contribution >= 4 is 38.3 Å². The van der Waals surface area contributed by atoms with Crippen LogP contribution in [0.15, 0.2) is 42.5 Å². The summed E-state index contributed by atoms with van der Waals surface area (Å²) in [6, 6.07) is 13.9. The van der Waals surface area contributed by atoms with Crippen molar-refractivity contribution in [1.82, 2.24) is 0 Å². The Morgan fingerprint density at radius 3 is 2.74 bits per heavy atom. The SMILES string of the molecule is O=C(CS[C@H]1CCS(=O)(=O)C1)OCc1cccc2ccccc12. The van der Waals surface area contributed by atoms with Crippen LogP contribution in [-0.2, 0) is 26.0 Å². The monoisotopic (exact) mass is 350 g/mol. The normalized spacial score (nSPS) is 19.7. The highest BCUT2D eigenvalue weighted by Crippen LogP contribution is 2.24. The molecule has 6 heteroatoms. The molecule has 0 aromatic heterocycles. The standard InChI is InChI=1S/C17H18O4S2/c18-17(11-22-15-8-9-23(19,20)12-15)21-10-14-6-3-5-13-4-1-2-7-16(13)14/h1-7,15H,8-12H2/t15-/m0/s1. The van der Waals surface area contributed by atoms with E-state index in [-0.39, 0.29) is 35.1 Å². The maximum atomic E-state index is 11.9. The first-order valence-electron chi connectivity index (χ1n) is 7.48. The molecule has 1 aliphatic rings. The van der Waals surface area contributed by atoms with E-state index < -0.39 is 9.84 Å². The van der Waals surface area contributed by atoms with Gasteiger partial charge in [0.05, 0.1) is 17.3 Å². The van der Waals surface area contributed by atoms with Gasteiger partial charge in [0, 0.05) is 5.25 Å². The molecule has 2 aromatic rings. The minimum Gasteiger partial charge on any atom is -0.460 e. The second-order valence-corrected chi connectivity index (χ2v) is 9.15. The predicted molar refractivity (Wildman–Crippen MR) is 93.3 cm³/mol. The molecule has 122 valence electrons. The van der Waals surface area contributed by atoms with Gasteiger partial charge < -0.3 is 4.74 Å². The van der Waals surface area contributed by atoms with E-state index in [0.29, 0.717) is 6.42 Å². The fourth-order valence-corrected chi connectivity index (χ4v) is 6.14. The smallest absolute Gasteiger partial charge is 0.316 e. The van der Waals surface area contributed by atoms with Gasteiger partial charge in [0.25, 0.3) is 0 Å². The highest BCUT2D eigenvalue weighted by Gasteiger charge is 2.28. The van der Waals surface area contributed by atoms with Gasteiger partial charge in [-0.25, -0.2) is 8.42 Å². The van der Waals surface area contributed by atoms with Crippen LogP contribution in [0, 0.1) is 0 Å². The molecule has 23 heavy (non-hydrogen) atoms. The first-order chi connectivity index (χ1) is 11.0. The highest BCUT2D eigenvalue weighted by atomic mass is 32.2. The fourth-order valence-electron chi connectivity index (χ4n) is 2.70. The second-order valence-electron chi connectivity index (χ2n) is 5.64. The van der Waals surface area contributed by atoms with Crippen molar-refractivity contribution in [2.24, 2.45) is 0 Å². The number of hydrogen-bond donors (Lipinski definition) is 0. The first-order valence-corrected chi connectivity index (χ1v) is 10.3. The number of carbonyl (C=O) groups is 1. The lowest BCUT2D eigenvalue weighted by Crippen LogP contribution is -2.12. The second kappa shape index (κ2) is 6.93. The topological polar surface area (TPSA) is 60.4 Å². The maximum absolute atomic E-state index is 11.9. The number of benzene rings is 2. The molecule has 0 N–H and O–H groups in total. The van der Waals surface area contributed by atoms with Crippen LogP contribution < -0.4 is 0 Å². The van der Waals surface area contributed by atoms with Crippen LogP contribution in [0.5, 0.6) is 0 Å². The van der Waals surface area contributed by atoms with Gasteiger partial charge in [0.2, 0.25) is 0 Å². The number of sulfone groups is 1. The Bertz CT molecular complexity index is 809. The summed E-state index contributed by atoms with van der Waals surface area (Å²) in [4.78, 5) is 11.9. The Balaban J connectivity index is 1.53. The van der Waals surface area contributed by atoms with Crippen LogP contribution in [0.3, 0.4) is 0 Å². The lowest BCUT2D eigenvalue weighted by Gasteiger charge is -2.09. The minimum absolute atomic E-state index is 0.0186. The molecule has 1 fully saturated rings. The van der Waals surface area contributed by atoms with Crippen LogP contribution in [0.4, 0.5) is 0 Å². The molecular formula is C17H18O4S2. The third-order valence-corrected chi connectivity index (χ3v) is 7.15. The molecule has 2 aromatic carbocycles. The summed E-state index contributed by atoms with van der Waals surface area (Å²) in [5, 5.41) is 2.22. The van der Waals surface area contributed by atoms with Gasteiger partial charge in [-0.3, -0.25) is 4.79 Å². The van der Waals surface area contributed by atoms with Crippen LogP contribution in [-0.4, -0.2) is 36.9 Å². The molecule has 3 rings (SSSR count). The number of rotatable bonds is 5. The molecule has 0 unspecified atom stereocenters. The first kappa shape index (κ1) is 16.3. The fraction of sp³-hybridized carbons (Fsp3) is 0.353. The van der Waals surface area contributed by atoms with Gasteiger partial charge in [0.15, 0.2) is 9.84 Å². The van der Waals surface area contributed by atoms with E-state index in [4.69, 9.17) is 4.74 Å². The molecule has 0 bridgehead atoms. The Labute approximate surface area is 140 Å². The molecule has 1 heterocycles. The zero-order valence-corrected chi connectivity index (χ0v) is 14.2. The van der Waals surface area contributed by atoms with E-state index in [9.17, 15) is 13.2 Å². The molecule has 4 nitrogen and oxygen atoms in total. The lowest BCUT2D eigenvalue weighted by molar-refractivity contribution is -0.141. The van der Waals surface area contributed by atoms with E-state index in [1.54, 1.807) is 0 Å². The largest absolute Gasteiger partial charge is 0.460 e. The average Bonchev–Trinajstić information content (AvgIpc) is 2.90. The third-order valence-electron chi connectivity index (χ3n) is 3.90. The number of thioether (sulfide) groups is 1. The van der Waals surface area contributed by atoms with Crippen molar-refractivity contribution in [3.05, 3.63) is 48.0 Å². The molecule has 0 spiro atoms. The summed E-state index contributed by atoms with van der Waals surface area (Å²) in [6.07, 6.45) is 0.629. The highest BCUT2D eigenvalue weighted by molar-refractivity contribution is 8.02. The summed E-state index contributed by atoms with van der Waals surface area (Å²) in [6.45, 7) is 0.240. The zero-order chi connectivity index (χ0) is 16.3. The van der Waals surface area contributed by atoms with E-state index in [0.717, 1.165) is 16.3 Å². The van der Waals surface area contributed by atoms with Gasteiger partial charge in [-0.15, -0.1) is 11.8 Å². The minimum atomic E-state index is -2.90. The molecular weight excluding hydrogens is 332 g/mol. The summed E-state index contributed by atoms with van der Waals surface area (Å²) in [5.74, 6) is 0.307. The van der Waals surface area contributed by atoms with E-state index in [1.165, 1.54) is 11.8 Å². The third kappa shape index (κ3) is 4.26. The Morgan fingerprint density at radius 2 is 1.96 bits per heavy atom. The average molecular weight is 350 g/mol. The Kier molecular flexibility index (Phi) is 4.92. The molecule has 1 atom stereocenters. The predicted octanol–water partition coefficient (Wildman–Crippen LogP) is 2.80. The lowest BCUT2D eigenvalue weighted by atomic mass is 10.1. The summed E-state index contributed by atoms with van der Waals surface area (Å²) in [5.41, 5.74) is 0.977. The van der Waals surface area contributed by atoms with E-state index in [1.807, 2.05) is 42.5 Å². The molecule has 0 amide bonds. The van der Waals surface area contributed by atoms with Crippen LogP contribution in [0.2, 0.25) is 0 Å². The quantitative estimate of drug-likeness (QED) is 0.776. The van der Waals surface area contributed by atoms with Crippen molar-refractivity contribution in [3.8, 4) is 0 Å². The number of esters is 1. The van der Waals surface area contributed by atoms with E-state index in [2.05, 4.69) is 0 Å². The van der Waals surface area contributed by atoms with Crippen LogP contribution in [0.25, 0.3) is 10.8 Å². The molecule has 0 radical (unpaired) electrons. The maximum Gasteiger partial charge on any atom is 0.316 e. The summed E-state index contributed by atoms with van der Waals surface area (Å²) in [7, 11) is -2.90. The molecule has 1 saturated heterocycles. The number of carbonyl (C=O) groups excluding carboxylic acids is 1. The zero-order valence-electron chi connectivity index (χ0n) is 12.6. The van der Waals surface area contributed by atoms with Crippen LogP contribution >= 0.6 is 11.8 Å². The van der Waals surface area contributed by atoms with Crippen LogP contribution in [0.1, 0.15) is 12.0 Å². The number of fused-ring (bicyclic) bond motifs is 1. The Morgan fingerprint density at radius 1 is 1.17 bits per heavy atom. The molecule has 0 aliphatic carbocycles. The van der Waals surface area contributed by atoms with Gasteiger partial charge in [0.1, 0.15) is 6.61 Å². The van der Waals surface area contributed by atoms with Crippen molar-refractivity contribution in [1.29, 1.82) is 0 Å².